The molecule has 14 heavy (non-hydrogen) atoms. The summed E-state index contributed by atoms with van der Waals surface area (Å²) in [6, 6.07) is 9.18. The fraction of sp³-hybridized carbons (Fsp3) is 0.417. The van der Waals surface area contributed by atoms with E-state index in [9.17, 15) is 9.90 Å². The van der Waals surface area contributed by atoms with E-state index in [1.54, 1.807) is 19.1 Å². The molecular weight excluding hydrogens is 176 g/mol. The monoisotopic (exact) mass is 192 g/mol. The summed E-state index contributed by atoms with van der Waals surface area (Å²) in [6.07, 6.45) is -0.0236. The summed E-state index contributed by atoms with van der Waals surface area (Å²) in [7, 11) is 0. The SMILES string of the molecule is CC(O)C(C)CC(=O)c1ccccc1. The van der Waals surface area contributed by atoms with Crippen LogP contribution in [0.15, 0.2) is 30.3 Å². The van der Waals surface area contributed by atoms with Crippen molar-refractivity contribution in [1.82, 2.24) is 0 Å². The van der Waals surface area contributed by atoms with Crippen LogP contribution in [0, 0.1) is 5.92 Å². The maximum atomic E-state index is 11.6. The van der Waals surface area contributed by atoms with Gasteiger partial charge in [0.2, 0.25) is 0 Å². The molecule has 1 rings (SSSR count). The van der Waals surface area contributed by atoms with Crippen molar-refractivity contribution in [3.8, 4) is 0 Å². The third-order valence-electron chi connectivity index (χ3n) is 2.43. The molecule has 0 saturated carbocycles. The summed E-state index contributed by atoms with van der Waals surface area (Å²) < 4.78 is 0. The van der Waals surface area contributed by atoms with Crippen LogP contribution in [0.1, 0.15) is 30.6 Å². The minimum Gasteiger partial charge on any atom is -0.393 e. The van der Waals surface area contributed by atoms with Gasteiger partial charge in [-0.1, -0.05) is 37.3 Å². The maximum absolute atomic E-state index is 11.6. The molecule has 2 atom stereocenters. The number of carbonyl (C=O) groups excluding carboxylic acids is 1. The van der Waals surface area contributed by atoms with Crippen LogP contribution >= 0.6 is 0 Å². The van der Waals surface area contributed by atoms with Crippen molar-refractivity contribution in [2.24, 2.45) is 5.92 Å². The van der Waals surface area contributed by atoms with Gasteiger partial charge >= 0.3 is 0 Å². The molecular formula is C12H16O2. The number of rotatable bonds is 4. The van der Waals surface area contributed by atoms with Gasteiger partial charge in [0.25, 0.3) is 0 Å². The lowest BCUT2D eigenvalue weighted by Gasteiger charge is -2.13. The standard InChI is InChI=1S/C12H16O2/c1-9(10(2)13)8-12(14)11-6-4-3-5-7-11/h3-7,9-10,13H,8H2,1-2H3. The van der Waals surface area contributed by atoms with Crippen molar-refractivity contribution in [2.75, 3.05) is 0 Å². The lowest BCUT2D eigenvalue weighted by atomic mass is 9.96. The van der Waals surface area contributed by atoms with Crippen LogP contribution in [0.25, 0.3) is 0 Å². The number of carbonyl (C=O) groups is 1. The van der Waals surface area contributed by atoms with Crippen LogP contribution in [0.4, 0.5) is 0 Å². The van der Waals surface area contributed by atoms with E-state index in [0.717, 1.165) is 5.56 Å². The Kier molecular flexibility index (Phi) is 3.84. The molecule has 2 nitrogen and oxygen atoms in total. The first-order valence-electron chi connectivity index (χ1n) is 4.87. The largest absolute Gasteiger partial charge is 0.393 e. The zero-order valence-corrected chi connectivity index (χ0v) is 8.60. The van der Waals surface area contributed by atoms with Gasteiger partial charge in [0.1, 0.15) is 0 Å². The average molecular weight is 192 g/mol. The van der Waals surface area contributed by atoms with Crippen molar-refractivity contribution < 1.29 is 9.90 Å². The van der Waals surface area contributed by atoms with Crippen molar-refractivity contribution in [2.45, 2.75) is 26.4 Å². The van der Waals surface area contributed by atoms with Gasteiger partial charge in [-0.25, -0.2) is 0 Å². The van der Waals surface area contributed by atoms with E-state index < -0.39 is 6.10 Å². The van der Waals surface area contributed by atoms with Crippen LogP contribution in [-0.4, -0.2) is 17.0 Å². The molecule has 0 fully saturated rings. The Labute approximate surface area is 84.6 Å². The van der Waals surface area contributed by atoms with Crippen molar-refractivity contribution in [1.29, 1.82) is 0 Å². The first-order chi connectivity index (χ1) is 6.61. The average Bonchev–Trinajstić information content (AvgIpc) is 2.19. The predicted octanol–water partition coefficient (Wildman–Crippen LogP) is 2.28. The summed E-state index contributed by atoms with van der Waals surface area (Å²) in [5, 5.41) is 9.26. The quantitative estimate of drug-likeness (QED) is 0.743. The number of ketones is 1. The smallest absolute Gasteiger partial charge is 0.163 e. The summed E-state index contributed by atoms with van der Waals surface area (Å²) >= 11 is 0. The topological polar surface area (TPSA) is 37.3 Å². The van der Waals surface area contributed by atoms with E-state index in [4.69, 9.17) is 0 Å². The van der Waals surface area contributed by atoms with E-state index in [-0.39, 0.29) is 11.7 Å². The van der Waals surface area contributed by atoms with Gasteiger partial charge in [-0.3, -0.25) is 4.79 Å². The Bertz CT molecular complexity index is 290. The second-order valence-corrected chi connectivity index (χ2v) is 3.71. The summed E-state index contributed by atoms with van der Waals surface area (Å²) in [6.45, 7) is 3.59. The molecule has 2 heteroatoms. The molecule has 0 heterocycles. The maximum Gasteiger partial charge on any atom is 0.163 e. The van der Waals surface area contributed by atoms with Crippen LogP contribution in [-0.2, 0) is 0 Å². The van der Waals surface area contributed by atoms with E-state index in [1.807, 2.05) is 25.1 Å². The van der Waals surface area contributed by atoms with Gasteiger partial charge in [0.15, 0.2) is 5.78 Å². The molecule has 0 aliphatic carbocycles. The highest BCUT2D eigenvalue weighted by molar-refractivity contribution is 5.96. The van der Waals surface area contributed by atoms with Gasteiger partial charge < -0.3 is 5.11 Å². The first kappa shape index (κ1) is 10.9. The molecule has 1 aromatic rings. The van der Waals surface area contributed by atoms with Gasteiger partial charge in [0.05, 0.1) is 6.10 Å². The van der Waals surface area contributed by atoms with Crippen LogP contribution in [0.5, 0.6) is 0 Å². The summed E-state index contributed by atoms with van der Waals surface area (Å²) in [5.74, 6) is 0.113. The molecule has 0 saturated heterocycles. The van der Waals surface area contributed by atoms with Crippen LogP contribution in [0.2, 0.25) is 0 Å². The molecule has 1 aromatic carbocycles. The Hall–Kier alpha value is -1.15. The predicted molar refractivity (Wildman–Crippen MR) is 56.2 cm³/mol. The highest BCUT2D eigenvalue weighted by Crippen LogP contribution is 2.12. The zero-order valence-electron chi connectivity index (χ0n) is 8.60. The van der Waals surface area contributed by atoms with E-state index in [1.165, 1.54) is 0 Å². The lowest BCUT2D eigenvalue weighted by Crippen LogP contribution is -2.17. The summed E-state index contributed by atoms with van der Waals surface area (Å²) in [5.41, 5.74) is 0.722. The minimum absolute atomic E-state index is 0.0164. The Morgan fingerprint density at radius 2 is 1.86 bits per heavy atom. The molecule has 2 unspecified atom stereocenters. The molecule has 0 radical (unpaired) electrons. The molecule has 0 amide bonds. The third kappa shape index (κ3) is 2.96. The van der Waals surface area contributed by atoms with Gasteiger partial charge in [-0.15, -0.1) is 0 Å². The number of hydrogen-bond acceptors (Lipinski definition) is 2. The first-order valence-corrected chi connectivity index (χ1v) is 4.87. The van der Waals surface area contributed by atoms with Crippen molar-refractivity contribution >= 4 is 5.78 Å². The summed E-state index contributed by atoms with van der Waals surface area (Å²) in [4.78, 5) is 11.6. The van der Waals surface area contributed by atoms with Crippen LogP contribution in [0.3, 0.4) is 0 Å². The fourth-order valence-corrected chi connectivity index (χ4v) is 1.20. The van der Waals surface area contributed by atoms with Crippen LogP contribution < -0.4 is 0 Å². The normalized spacial score (nSPS) is 14.8. The molecule has 0 aromatic heterocycles. The fourth-order valence-electron chi connectivity index (χ4n) is 1.20. The van der Waals surface area contributed by atoms with Gasteiger partial charge in [-0.05, 0) is 12.8 Å². The van der Waals surface area contributed by atoms with E-state index >= 15 is 0 Å². The Morgan fingerprint density at radius 1 is 1.29 bits per heavy atom. The number of benzene rings is 1. The Balaban J connectivity index is 2.60. The van der Waals surface area contributed by atoms with Crippen molar-refractivity contribution in [3.63, 3.8) is 0 Å². The number of aliphatic hydroxyl groups is 1. The third-order valence-corrected chi connectivity index (χ3v) is 2.43. The second-order valence-electron chi connectivity index (χ2n) is 3.71. The Morgan fingerprint density at radius 3 is 2.36 bits per heavy atom. The molecule has 0 aliphatic heterocycles. The molecule has 0 aliphatic rings. The zero-order chi connectivity index (χ0) is 10.6. The van der Waals surface area contributed by atoms with E-state index in [2.05, 4.69) is 0 Å². The van der Waals surface area contributed by atoms with Gasteiger partial charge in [0, 0.05) is 12.0 Å². The van der Waals surface area contributed by atoms with E-state index in [0.29, 0.717) is 6.42 Å². The molecule has 0 spiro atoms. The number of Topliss-reactive ketones (excluding diaryl/α,β-unsaturated/α-hetero) is 1. The minimum atomic E-state index is -0.428. The highest BCUT2D eigenvalue weighted by Gasteiger charge is 2.14. The highest BCUT2D eigenvalue weighted by atomic mass is 16.3. The molecule has 0 bridgehead atoms. The number of hydrogen-bond donors (Lipinski definition) is 1. The lowest BCUT2D eigenvalue weighted by molar-refractivity contribution is 0.0869. The molecule has 1 N–H and O–H groups in total. The van der Waals surface area contributed by atoms with Crippen molar-refractivity contribution in [3.05, 3.63) is 35.9 Å². The number of aliphatic hydroxyl groups excluding tert-OH is 1. The van der Waals surface area contributed by atoms with Gasteiger partial charge in [-0.2, -0.15) is 0 Å². The second kappa shape index (κ2) is 4.91. The molecule has 76 valence electrons.